The molecule has 0 aromatic carbocycles. The number of thioether (sulfide) groups is 1. The van der Waals surface area contributed by atoms with Crippen LogP contribution < -0.4 is 0 Å². The van der Waals surface area contributed by atoms with Crippen LogP contribution >= 0.6 is 35.3 Å². The summed E-state index contributed by atoms with van der Waals surface area (Å²) >= 11 is 8.04. The summed E-state index contributed by atoms with van der Waals surface area (Å²) in [4.78, 5) is 29.4. The second-order valence-electron chi connectivity index (χ2n) is 6.16. The molecular formula is C16H18N2O4S4. The highest BCUT2D eigenvalue weighted by Crippen LogP contribution is 2.33. The van der Waals surface area contributed by atoms with Gasteiger partial charge in [-0.25, -0.2) is 8.42 Å². The van der Waals surface area contributed by atoms with E-state index in [-0.39, 0.29) is 42.3 Å². The number of carbonyl (C=O) groups is 2. The molecule has 1 atom stereocenters. The first-order valence-electron chi connectivity index (χ1n) is 8.02. The second-order valence-corrected chi connectivity index (χ2v) is 11.0. The third kappa shape index (κ3) is 4.36. The first kappa shape index (κ1) is 19.5. The van der Waals surface area contributed by atoms with Crippen LogP contribution in [0.5, 0.6) is 0 Å². The monoisotopic (exact) mass is 430 g/mol. The Balaban J connectivity index is 1.58. The van der Waals surface area contributed by atoms with Crippen molar-refractivity contribution < 1.29 is 18.0 Å². The summed E-state index contributed by atoms with van der Waals surface area (Å²) in [5, 5.41) is 1.93. The Morgan fingerprint density at radius 3 is 2.88 bits per heavy atom. The number of thiocarbonyl (C=S) groups is 1. The van der Waals surface area contributed by atoms with E-state index in [0.29, 0.717) is 15.6 Å². The molecule has 0 spiro atoms. The van der Waals surface area contributed by atoms with E-state index in [4.69, 9.17) is 12.2 Å². The van der Waals surface area contributed by atoms with Crippen molar-refractivity contribution in [2.75, 3.05) is 25.1 Å². The van der Waals surface area contributed by atoms with Crippen molar-refractivity contribution in [3.8, 4) is 0 Å². The number of hydrogen-bond donors (Lipinski definition) is 0. The quantitative estimate of drug-likeness (QED) is 0.525. The zero-order chi connectivity index (χ0) is 18.9. The van der Waals surface area contributed by atoms with Gasteiger partial charge >= 0.3 is 0 Å². The SMILES string of the molecule is CN(C(=O)CCN1C(=O)/C(=C\c2cccs2)SC1=S)[C@@H]1CCS(=O)(=O)C1. The fraction of sp³-hybridized carbons (Fsp3) is 0.438. The maximum atomic E-state index is 12.5. The van der Waals surface area contributed by atoms with E-state index in [0.717, 1.165) is 4.88 Å². The lowest BCUT2D eigenvalue weighted by Gasteiger charge is -2.24. The van der Waals surface area contributed by atoms with Crippen LogP contribution in [0.3, 0.4) is 0 Å². The third-order valence-corrected chi connectivity index (χ3v) is 8.34. The summed E-state index contributed by atoms with van der Waals surface area (Å²) in [5.41, 5.74) is 0. The normalized spacial score (nSPS) is 23.8. The highest BCUT2D eigenvalue weighted by molar-refractivity contribution is 8.26. The number of rotatable bonds is 5. The molecule has 0 N–H and O–H groups in total. The molecular weight excluding hydrogens is 412 g/mol. The summed E-state index contributed by atoms with van der Waals surface area (Å²) < 4.78 is 23.6. The van der Waals surface area contributed by atoms with E-state index in [2.05, 4.69) is 0 Å². The fourth-order valence-corrected chi connectivity index (χ4v) is 6.67. The van der Waals surface area contributed by atoms with Crippen molar-refractivity contribution in [2.45, 2.75) is 18.9 Å². The summed E-state index contributed by atoms with van der Waals surface area (Å²) in [6.07, 6.45) is 2.39. The number of amides is 2. The van der Waals surface area contributed by atoms with Crippen LogP contribution in [0.15, 0.2) is 22.4 Å². The Bertz CT molecular complexity index is 861. The summed E-state index contributed by atoms with van der Waals surface area (Å²) in [5.74, 6) is -0.229. The zero-order valence-corrected chi connectivity index (χ0v) is 17.3. The number of thiophene rings is 1. The molecule has 0 bridgehead atoms. The Morgan fingerprint density at radius 2 is 2.27 bits per heavy atom. The van der Waals surface area contributed by atoms with Gasteiger partial charge in [-0.1, -0.05) is 30.0 Å². The van der Waals surface area contributed by atoms with E-state index in [1.54, 1.807) is 13.1 Å². The Morgan fingerprint density at radius 1 is 1.50 bits per heavy atom. The lowest BCUT2D eigenvalue weighted by Crippen LogP contribution is -2.40. The van der Waals surface area contributed by atoms with Gasteiger partial charge in [-0.3, -0.25) is 14.5 Å². The number of hydrogen-bond acceptors (Lipinski definition) is 7. The van der Waals surface area contributed by atoms with Gasteiger partial charge in [-0.05, 0) is 23.9 Å². The van der Waals surface area contributed by atoms with Gasteiger partial charge in [0.25, 0.3) is 5.91 Å². The van der Waals surface area contributed by atoms with Crippen molar-refractivity contribution in [1.29, 1.82) is 0 Å². The van der Waals surface area contributed by atoms with Crippen LogP contribution in [0, 0.1) is 0 Å². The number of sulfone groups is 1. The Labute approximate surface area is 166 Å². The van der Waals surface area contributed by atoms with Gasteiger partial charge in [-0.2, -0.15) is 0 Å². The van der Waals surface area contributed by atoms with Crippen LogP contribution in [0.4, 0.5) is 0 Å². The van der Waals surface area contributed by atoms with E-state index < -0.39 is 9.84 Å². The fourth-order valence-electron chi connectivity index (χ4n) is 2.86. The Kier molecular flexibility index (Phi) is 5.85. The molecule has 1 aromatic rings. The van der Waals surface area contributed by atoms with Crippen molar-refractivity contribution in [2.24, 2.45) is 0 Å². The molecule has 0 radical (unpaired) electrons. The largest absolute Gasteiger partial charge is 0.342 e. The van der Waals surface area contributed by atoms with Gasteiger partial charge in [0.1, 0.15) is 4.32 Å². The van der Waals surface area contributed by atoms with Gasteiger partial charge in [0.05, 0.1) is 16.4 Å². The smallest absolute Gasteiger partial charge is 0.266 e. The molecule has 3 rings (SSSR count). The highest BCUT2D eigenvalue weighted by atomic mass is 32.2. The molecule has 2 saturated heterocycles. The van der Waals surface area contributed by atoms with Gasteiger partial charge < -0.3 is 4.90 Å². The zero-order valence-electron chi connectivity index (χ0n) is 14.1. The molecule has 3 heterocycles. The van der Waals surface area contributed by atoms with Crippen molar-refractivity contribution in [3.05, 3.63) is 27.3 Å². The number of carbonyl (C=O) groups excluding carboxylic acids is 2. The first-order valence-corrected chi connectivity index (χ1v) is 11.9. The van der Waals surface area contributed by atoms with Crippen LogP contribution in [-0.2, 0) is 19.4 Å². The van der Waals surface area contributed by atoms with Crippen LogP contribution in [0.1, 0.15) is 17.7 Å². The van der Waals surface area contributed by atoms with E-state index >= 15 is 0 Å². The molecule has 2 amide bonds. The molecule has 2 aliphatic heterocycles. The molecule has 2 aliphatic rings. The molecule has 2 fully saturated rings. The summed E-state index contributed by atoms with van der Waals surface area (Å²) in [7, 11) is -1.42. The standard InChI is InChI=1S/C16H18N2O4S4/c1-17(11-5-8-26(21,22)10-11)14(19)4-6-18-15(20)13(25-16(18)23)9-12-3-2-7-24-12/h2-3,7,9,11H,4-6,8,10H2,1H3/b13-9+/t11-/m1/s1. The minimum absolute atomic E-state index is 0.0137. The molecule has 10 heteroatoms. The van der Waals surface area contributed by atoms with E-state index in [9.17, 15) is 18.0 Å². The third-order valence-electron chi connectivity index (χ3n) is 4.39. The van der Waals surface area contributed by atoms with Crippen molar-refractivity contribution in [3.63, 3.8) is 0 Å². The lowest BCUT2D eigenvalue weighted by molar-refractivity contribution is -0.132. The first-order chi connectivity index (χ1) is 12.3. The van der Waals surface area contributed by atoms with Crippen LogP contribution in [-0.4, -0.2) is 65.5 Å². The number of nitrogens with zero attached hydrogens (tertiary/aromatic N) is 2. The topological polar surface area (TPSA) is 74.8 Å². The molecule has 26 heavy (non-hydrogen) atoms. The molecule has 140 valence electrons. The predicted molar refractivity (Wildman–Crippen MR) is 109 cm³/mol. The minimum Gasteiger partial charge on any atom is -0.342 e. The van der Waals surface area contributed by atoms with Crippen molar-refractivity contribution in [1.82, 2.24) is 9.80 Å². The van der Waals surface area contributed by atoms with Crippen molar-refractivity contribution >= 4 is 67.4 Å². The minimum atomic E-state index is -3.04. The van der Waals surface area contributed by atoms with Gasteiger partial charge in [0.2, 0.25) is 5.91 Å². The Hall–Kier alpha value is -1.23. The average molecular weight is 431 g/mol. The molecule has 0 unspecified atom stereocenters. The maximum Gasteiger partial charge on any atom is 0.266 e. The molecule has 6 nitrogen and oxygen atoms in total. The summed E-state index contributed by atoms with van der Waals surface area (Å²) in [6, 6.07) is 3.55. The summed E-state index contributed by atoms with van der Waals surface area (Å²) in [6.45, 7) is 0.203. The predicted octanol–water partition coefficient (Wildman–Crippen LogP) is 1.98. The van der Waals surface area contributed by atoms with E-state index in [1.165, 1.54) is 32.9 Å². The molecule has 0 aliphatic carbocycles. The van der Waals surface area contributed by atoms with Gasteiger partial charge in [0, 0.05) is 30.9 Å². The van der Waals surface area contributed by atoms with Gasteiger partial charge in [-0.15, -0.1) is 11.3 Å². The lowest BCUT2D eigenvalue weighted by atomic mass is 10.2. The van der Waals surface area contributed by atoms with Crippen LogP contribution in [0.2, 0.25) is 0 Å². The highest BCUT2D eigenvalue weighted by Gasteiger charge is 2.35. The second kappa shape index (κ2) is 7.79. The van der Waals surface area contributed by atoms with Gasteiger partial charge in [0.15, 0.2) is 9.84 Å². The average Bonchev–Trinajstić information content (AvgIpc) is 3.27. The van der Waals surface area contributed by atoms with Crippen LogP contribution in [0.25, 0.3) is 6.08 Å². The molecule has 1 aromatic heterocycles. The molecule has 0 saturated carbocycles. The maximum absolute atomic E-state index is 12.5. The van der Waals surface area contributed by atoms with E-state index in [1.807, 2.05) is 17.5 Å².